The Labute approximate surface area is 160 Å². The van der Waals surface area contributed by atoms with Crippen LogP contribution in [-0.2, 0) is 17.9 Å². The summed E-state index contributed by atoms with van der Waals surface area (Å²) in [7, 11) is 0. The number of nitrogens with one attached hydrogen (secondary N) is 1. The summed E-state index contributed by atoms with van der Waals surface area (Å²) in [5, 5.41) is 9.90. The van der Waals surface area contributed by atoms with Crippen LogP contribution in [0, 0.1) is 13.8 Å². The molecule has 0 fully saturated rings. The average molecular weight is 390 g/mol. The lowest BCUT2D eigenvalue weighted by Crippen LogP contribution is -2.12. The number of aromatic nitrogens is 3. The van der Waals surface area contributed by atoms with Crippen molar-refractivity contribution in [2.75, 3.05) is 6.61 Å². The smallest absolute Gasteiger partial charge is 0.355 e. The maximum atomic E-state index is 12.5. The van der Waals surface area contributed by atoms with E-state index in [2.05, 4.69) is 9.97 Å². The predicted molar refractivity (Wildman–Crippen MR) is 101 cm³/mol. The lowest BCUT2D eigenvalue weighted by molar-refractivity contribution is 0.0450. The van der Waals surface area contributed by atoms with Gasteiger partial charge in [-0.3, -0.25) is 4.79 Å². The normalized spacial score (nSPS) is 11.1. The van der Waals surface area contributed by atoms with Crippen molar-refractivity contribution < 1.29 is 19.4 Å². The molecule has 27 heavy (non-hydrogen) atoms. The van der Waals surface area contributed by atoms with Crippen molar-refractivity contribution in [3.8, 4) is 0 Å². The SMILES string of the molecule is CC(=O)c1c(C)[nH]c(C(=O)OCc2nc3ccc(Cl)cc3n2CCO)c1C. The minimum absolute atomic E-state index is 0.0714. The molecule has 0 aliphatic heterocycles. The molecule has 3 rings (SSSR count). The van der Waals surface area contributed by atoms with Crippen LogP contribution in [0.2, 0.25) is 5.02 Å². The molecule has 0 spiro atoms. The van der Waals surface area contributed by atoms with E-state index < -0.39 is 5.97 Å². The van der Waals surface area contributed by atoms with Crippen LogP contribution in [0.15, 0.2) is 18.2 Å². The predicted octanol–water partition coefficient (Wildman–Crippen LogP) is 3.19. The van der Waals surface area contributed by atoms with E-state index in [0.717, 1.165) is 5.52 Å². The van der Waals surface area contributed by atoms with E-state index >= 15 is 0 Å². The molecule has 0 aliphatic carbocycles. The quantitative estimate of drug-likeness (QED) is 0.498. The number of imidazole rings is 1. The third-order valence-corrected chi connectivity index (χ3v) is 4.67. The summed E-state index contributed by atoms with van der Waals surface area (Å²) in [5.41, 5.74) is 3.42. The van der Waals surface area contributed by atoms with E-state index in [1.54, 1.807) is 36.6 Å². The number of ketones is 1. The number of fused-ring (bicyclic) bond motifs is 1. The first kappa shape index (κ1) is 19.1. The van der Waals surface area contributed by atoms with E-state index in [9.17, 15) is 14.7 Å². The van der Waals surface area contributed by atoms with Gasteiger partial charge in [0.2, 0.25) is 0 Å². The van der Waals surface area contributed by atoms with Crippen LogP contribution >= 0.6 is 11.6 Å². The fourth-order valence-corrected chi connectivity index (χ4v) is 3.46. The summed E-state index contributed by atoms with van der Waals surface area (Å²) in [6.45, 7) is 5.05. The number of carbonyl (C=O) groups excluding carboxylic acids is 2. The number of ether oxygens (including phenoxy) is 1. The second-order valence-corrected chi connectivity index (χ2v) is 6.73. The molecule has 0 amide bonds. The number of aryl methyl sites for hydroxylation is 1. The highest BCUT2D eigenvalue weighted by Gasteiger charge is 2.21. The Balaban J connectivity index is 1.86. The number of esters is 1. The number of rotatable bonds is 6. The van der Waals surface area contributed by atoms with Crippen molar-refractivity contribution in [1.29, 1.82) is 0 Å². The first-order valence-corrected chi connectivity index (χ1v) is 8.84. The van der Waals surface area contributed by atoms with Crippen LogP contribution in [0.1, 0.15) is 44.9 Å². The zero-order chi connectivity index (χ0) is 19.7. The number of aliphatic hydroxyl groups is 1. The van der Waals surface area contributed by atoms with Gasteiger partial charge in [-0.25, -0.2) is 9.78 Å². The summed E-state index contributed by atoms with van der Waals surface area (Å²) in [4.78, 5) is 31.6. The van der Waals surface area contributed by atoms with E-state index in [-0.39, 0.29) is 24.7 Å². The first-order chi connectivity index (χ1) is 12.8. The Morgan fingerprint density at radius 1 is 1.33 bits per heavy atom. The van der Waals surface area contributed by atoms with Crippen molar-refractivity contribution in [2.45, 2.75) is 33.9 Å². The molecule has 0 aliphatic rings. The maximum Gasteiger partial charge on any atom is 0.355 e. The van der Waals surface area contributed by atoms with Crippen LogP contribution in [-0.4, -0.2) is 38.0 Å². The summed E-state index contributed by atoms with van der Waals surface area (Å²) in [6.07, 6.45) is 0. The molecule has 0 saturated heterocycles. The molecule has 0 unspecified atom stereocenters. The minimum atomic E-state index is -0.566. The van der Waals surface area contributed by atoms with Gasteiger partial charge in [0.25, 0.3) is 0 Å². The van der Waals surface area contributed by atoms with Crippen LogP contribution in [0.25, 0.3) is 11.0 Å². The van der Waals surface area contributed by atoms with Gasteiger partial charge in [-0.15, -0.1) is 0 Å². The van der Waals surface area contributed by atoms with Gasteiger partial charge >= 0.3 is 5.97 Å². The molecule has 3 aromatic rings. The Hall–Kier alpha value is -2.64. The summed E-state index contributed by atoms with van der Waals surface area (Å²) in [6, 6.07) is 5.25. The highest BCUT2D eigenvalue weighted by molar-refractivity contribution is 6.31. The molecule has 2 aromatic heterocycles. The standard InChI is InChI=1S/C19H20ClN3O4/c1-10-17(12(3)25)11(2)21-18(10)19(26)27-9-16-22-14-5-4-13(20)8-15(14)23(16)6-7-24/h4-5,8,21,24H,6-7,9H2,1-3H3. The fraction of sp³-hybridized carbons (Fsp3) is 0.316. The van der Waals surface area contributed by atoms with Gasteiger partial charge in [0.05, 0.1) is 17.6 Å². The number of Topliss-reactive ketones (excluding diaryl/α,β-unsaturated/α-hetero) is 1. The number of aliphatic hydroxyl groups excluding tert-OH is 1. The Morgan fingerprint density at radius 2 is 2.07 bits per heavy atom. The van der Waals surface area contributed by atoms with Crippen molar-refractivity contribution in [3.63, 3.8) is 0 Å². The third-order valence-electron chi connectivity index (χ3n) is 4.44. The highest BCUT2D eigenvalue weighted by atomic mass is 35.5. The minimum Gasteiger partial charge on any atom is -0.453 e. The largest absolute Gasteiger partial charge is 0.453 e. The second kappa shape index (κ2) is 7.54. The second-order valence-electron chi connectivity index (χ2n) is 6.29. The Kier molecular flexibility index (Phi) is 5.34. The number of aromatic amines is 1. The van der Waals surface area contributed by atoms with Gasteiger partial charge < -0.3 is 19.4 Å². The molecule has 0 saturated carbocycles. The summed E-state index contributed by atoms with van der Waals surface area (Å²) >= 11 is 6.05. The third kappa shape index (κ3) is 3.61. The molecule has 2 N–H and O–H groups in total. The topological polar surface area (TPSA) is 97.2 Å². The lowest BCUT2D eigenvalue weighted by atomic mass is 10.1. The van der Waals surface area contributed by atoms with Crippen LogP contribution < -0.4 is 0 Å². The molecule has 2 heterocycles. The molecular weight excluding hydrogens is 370 g/mol. The highest BCUT2D eigenvalue weighted by Crippen LogP contribution is 2.23. The van der Waals surface area contributed by atoms with Gasteiger partial charge in [0, 0.05) is 22.8 Å². The Morgan fingerprint density at radius 3 is 2.70 bits per heavy atom. The number of hydrogen-bond acceptors (Lipinski definition) is 5. The van der Waals surface area contributed by atoms with Gasteiger partial charge in [-0.2, -0.15) is 0 Å². The number of halogens is 1. The molecule has 0 atom stereocenters. The number of H-pyrrole nitrogens is 1. The summed E-state index contributed by atoms with van der Waals surface area (Å²) in [5.74, 6) is -0.173. The maximum absolute atomic E-state index is 12.5. The van der Waals surface area contributed by atoms with Crippen LogP contribution in [0.4, 0.5) is 0 Å². The van der Waals surface area contributed by atoms with Crippen molar-refractivity contribution in [3.05, 3.63) is 51.6 Å². The number of benzene rings is 1. The van der Waals surface area contributed by atoms with E-state index in [4.69, 9.17) is 16.3 Å². The Bertz CT molecular complexity index is 1040. The van der Waals surface area contributed by atoms with Crippen molar-refractivity contribution >= 4 is 34.4 Å². The number of carbonyl (C=O) groups is 2. The van der Waals surface area contributed by atoms with Gasteiger partial charge in [-0.1, -0.05) is 11.6 Å². The number of nitrogens with zero attached hydrogens (tertiary/aromatic N) is 2. The van der Waals surface area contributed by atoms with E-state index in [1.807, 2.05) is 0 Å². The molecule has 0 bridgehead atoms. The molecule has 8 heteroatoms. The van der Waals surface area contributed by atoms with E-state index in [1.165, 1.54) is 6.92 Å². The van der Waals surface area contributed by atoms with Gasteiger partial charge in [0.15, 0.2) is 5.78 Å². The monoisotopic (exact) mass is 389 g/mol. The lowest BCUT2D eigenvalue weighted by Gasteiger charge is -2.08. The molecular formula is C19H20ClN3O4. The molecule has 142 valence electrons. The van der Waals surface area contributed by atoms with Gasteiger partial charge in [-0.05, 0) is 44.5 Å². The average Bonchev–Trinajstić information content (AvgIpc) is 3.10. The van der Waals surface area contributed by atoms with Gasteiger partial charge in [0.1, 0.15) is 18.1 Å². The van der Waals surface area contributed by atoms with E-state index in [0.29, 0.717) is 39.7 Å². The van der Waals surface area contributed by atoms with Crippen LogP contribution in [0.3, 0.4) is 0 Å². The van der Waals surface area contributed by atoms with Crippen molar-refractivity contribution in [1.82, 2.24) is 14.5 Å². The fourth-order valence-electron chi connectivity index (χ4n) is 3.29. The zero-order valence-electron chi connectivity index (χ0n) is 15.3. The zero-order valence-corrected chi connectivity index (χ0v) is 16.1. The van der Waals surface area contributed by atoms with Crippen LogP contribution in [0.5, 0.6) is 0 Å². The van der Waals surface area contributed by atoms with Crippen molar-refractivity contribution in [2.24, 2.45) is 0 Å². The molecule has 0 radical (unpaired) electrons. The number of hydrogen-bond donors (Lipinski definition) is 2. The molecule has 1 aromatic carbocycles. The summed E-state index contributed by atoms with van der Waals surface area (Å²) < 4.78 is 7.18. The molecule has 7 nitrogen and oxygen atoms in total. The first-order valence-electron chi connectivity index (χ1n) is 8.46.